The predicted molar refractivity (Wildman–Crippen MR) is 121 cm³/mol. The van der Waals surface area contributed by atoms with Crippen molar-refractivity contribution in [3.63, 3.8) is 0 Å². The molecule has 1 unspecified atom stereocenters. The van der Waals surface area contributed by atoms with Crippen LogP contribution in [0.4, 0.5) is 5.69 Å². The lowest BCUT2D eigenvalue weighted by atomic mass is 9.85. The van der Waals surface area contributed by atoms with Gasteiger partial charge in [0.1, 0.15) is 0 Å². The zero-order chi connectivity index (χ0) is 19.4. The van der Waals surface area contributed by atoms with E-state index in [2.05, 4.69) is 43.0 Å². The molecule has 0 bridgehead atoms. The average molecular weight is 373 g/mol. The van der Waals surface area contributed by atoms with E-state index in [9.17, 15) is 0 Å². The lowest BCUT2D eigenvalue weighted by Gasteiger charge is -2.31. The lowest BCUT2D eigenvalue weighted by Crippen LogP contribution is -2.38. The van der Waals surface area contributed by atoms with Gasteiger partial charge in [-0.25, -0.2) is 0 Å². The lowest BCUT2D eigenvalue weighted by molar-refractivity contribution is 0.328. The summed E-state index contributed by atoms with van der Waals surface area (Å²) in [5, 5.41) is 0. The van der Waals surface area contributed by atoms with Crippen molar-refractivity contribution in [3.05, 3.63) is 29.8 Å². The van der Waals surface area contributed by atoms with Gasteiger partial charge in [0.15, 0.2) is 0 Å². The number of benzene rings is 1. The third-order valence-electron chi connectivity index (χ3n) is 6.54. The van der Waals surface area contributed by atoms with E-state index in [1.807, 2.05) is 0 Å². The van der Waals surface area contributed by atoms with Crippen LogP contribution in [-0.4, -0.2) is 18.6 Å². The van der Waals surface area contributed by atoms with E-state index in [0.717, 1.165) is 6.42 Å². The van der Waals surface area contributed by atoms with Crippen molar-refractivity contribution < 1.29 is 0 Å². The van der Waals surface area contributed by atoms with E-state index >= 15 is 0 Å². The zero-order valence-corrected chi connectivity index (χ0v) is 18.1. The largest absolute Gasteiger partial charge is 0.371 e. The number of rotatable bonds is 14. The molecule has 1 heterocycles. The quantitative estimate of drug-likeness (QED) is 0.361. The van der Waals surface area contributed by atoms with Crippen LogP contribution in [0.15, 0.2) is 24.3 Å². The van der Waals surface area contributed by atoms with Crippen molar-refractivity contribution in [1.29, 1.82) is 0 Å². The number of para-hydroxylation sites is 1. The van der Waals surface area contributed by atoms with Crippen LogP contribution in [0.5, 0.6) is 0 Å². The van der Waals surface area contributed by atoms with Gasteiger partial charge in [-0.2, -0.15) is 0 Å². The van der Waals surface area contributed by atoms with E-state index in [-0.39, 0.29) is 5.54 Å². The number of hydrogen-bond acceptors (Lipinski definition) is 2. The van der Waals surface area contributed by atoms with E-state index in [4.69, 9.17) is 5.73 Å². The smallest absolute Gasteiger partial charge is 0.0398 e. The maximum absolute atomic E-state index is 6.56. The molecule has 0 aromatic heterocycles. The SMILES string of the molecule is CCCCC(N)(CC)CCCCCCCCCN1CCCc2ccccc21. The minimum absolute atomic E-state index is 0.112. The first-order valence-corrected chi connectivity index (χ1v) is 11.8. The highest BCUT2D eigenvalue weighted by atomic mass is 15.1. The Morgan fingerprint density at radius 3 is 2.30 bits per heavy atom. The van der Waals surface area contributed by atoms with Crippen molar-refractivity contribution in [3.8, 4) is 0 Å². The van der Waals surface area contributed by atoms with Crippen LogP contribution < -0.4 is 10.6 Å². The summed E-state index contributed by atoms with van der Waals surface area (Å²) in [5.41, 5.74) is 9.72. The molecule has 0 radical (unpaired) electrons. The number of hydrogen-bond donors (Lipinski definition) is 1. The zero-order valence-electron chi connectivity index (χ0n) is 18.1. The first kappa shape index (κ1) is 22.3. The molecule has 27 heavy (non-hydrogen) atoms. The van der Waals surface area contributed by atoms with Crippen LogP contribution >= 0.6 is 0 Å². The summed E-state index contributed by atoms with van der Waals surface area (Å²) in [5.74, 6) is 0. The Labute approximate surface area is 168 Å². The molecule has 2 heteroatoms. The van der Waals surface area contributed by atoms with Crippen LogP contribution in [0.1, 0.15) is 103 Å². The summed E-state index contributed by atoms with van der Waals surface area (Å²) in [6, 6.07) is 8.98. The molecule has 154 valence electrons. The van der Waals surface area contributed by atoms with E-state index in [0.29, 0.717) is 0 Å². The van der Waals surface area contributed by atoms with Crippen LogP contribution in [0.25, 0.3) is 0 Å². The van der Waals surface area contributed by atoms with Crippen molar-refractivity contribution >= 4 is 5.69 Å². The summed E-state index contributed by atoms with van der Waals surface area (Å²) < 4.78 is 0. The highest BCUT2D eigenvalue weighted by molar-refractivity contribution is 5.55. The number of aryl methyl sites for hydroxylation is 1. The first-order valence-electron chi connectivity index (χ1n) is 11.8. The van der Waals surface area contributed by atoms with Crippen molar-refractivity contribution in [2.24, 2.45) is 5.73 Å². The summed E-state index contributed by atoms with van der Waals surface area (Å²) in [7, 11) is 0. The Hall–Kier alpha value is -1.02. The fourth-order valence-electron chi connectivity index (χ4n) is 4.51. The summed E-state index contributed by atoms with van der Waals surface area (Å²) in [4.78, 5) is 2.61. The molecule has 0 spiro atoms. The molecule has 0 saturated carbocycles. The second kappa shape index (κ2) is 12.4. The molecular weight excluding hydrogens is 328 g/mol. The molecule has 0 saturated heterocycles. The Morgan fingerprint density at radius 1 is 0.889 bits per heavy atom. The van der Waals surface area contributed by atoms with Crippen LogP contribution in [0.2, 0.25) is 0 Å². The summed E-state index contributed by atoms with van der Waals surface area (Å²) in [6.07, 6.45) is 18.3. The number of unbranched alkanes of at least 4 members (excludes halogenated alkanes) is 7. The topological polar surface area (TPSA) is 29.3 Å². The second-order valence-electron chi connectivity index (χ2n) is 8.76. The molecule has 1 aromatic carbocycles. The standard InChI is InChI=1S/C25H44N2/c1-3-5-19-25(26,4-2)20-13-9-7-6-8-10-14-21-27-22-15-17-23-16-11-12-18-24(23)27/h11-12,16,18H,3-10,13-15,17,19-22,26H2,1-2H3. The molecule has 0 fully saturated rings. The molecule has 0 aliphatic carbocycles. The highest BCUT2D eigenvalue weighted by Gasteiger charge is 2.20. The van der Waals surface area contributed by atoms with E-state index in [1.54, 1.807) is 5.56 Å². The summed E-state index contributed by atoms with van der Waals surface area (Å²) in [6.45, 7) is 7.00. The number of anilines is 1. The molecule has 1 aliphatic heterocycles. The Kier molecular flexibility index (Phi) is 10.3. The number of nitrogens with zero attached hydrogens (tertiary/aromatic N) is 1. The third-order valence-corrected chi connectivity index (χ3v) is 6.54. The molecule has 1 aromatic rings. The Morgan fingerprint density at radius 2 is 1.56 bits per heavy atom. The molecule has 1 atom stereocenters. The molecule has 1 aliphatic rings. The fourth-order valence-corrected chi connectivity index (χ4v) is 4.51. The van der Waals surface area contributed by atoms with Gasteiger partial charge in [-0.1, -0.05) is 83.4 Å². The van der Waals surface area contributed by atoms with Crippen molar-refractivity contribution in [2.45, 2.75) is 109 Å². The van der Waals surface area contributed by atoms with Gasteiger partial charge in [0.25, 0.3) is 0 Å². The minimum Gasteiger partial charge on any atom is -0.371 e. The fraction of sp³-hybridized carbons (Fsp3) is 0.760. The summed E-state index contributed by atoms with van der Waals surface area (Å²) >= 11 is 0. The van der Waals surface area contributed by atoms with Crippen LogP contribution in [0.3, 0.4) is 0 Å². The molecule has 0 amide bonds. The maximum atomic E-state index is 6.56. The van der Waals surface area contributed by atoms with Crippen LogP contribution in [0, 0.1) is 0 Å². The highest BCUT2D eigenvalue weighted by Crippen LogP contribution is 2.27. The Bertz CT molecular complexity index is 513. The number of fused-ring (bicyclic) bond motifs is 1. The van der Waals surface area contributed by atoms with E-state index in [1.165, 1.54) is 102 Å². The van der Waals surface area contributed by atoms with Crippen molar-refractivity contribution in [2.75, 3.05) is 18.0 Å². The molecule has 2 nitrogen and oxygen atoms in total. The van der Waals surface area contributed by atoms with Gasteiger partial charge in [-0.3, -0.25) is 0 Å². The van der Waals surface area contributed by atoms with Gasteiger partial charge in [0.2, 0.25) is 0 Å². The minimum atomic E-state index is 0.112. The normalized spacial score (nSPS) is 16.2. The van der Waals surface area contributed by atoms with Gasteiger partial charge in [-0.15, -0.1) is 0 Å². The third kappa shape index (κ3) is 7.86. The van der Waals surface area contributed by atoms with Gasteiger partial charge < -0.3 is 10.6 Å². The maximum Gasteiger partial charge on any atom is 0.0398 e. The Balaban J connectivity index is 1.50. The molecular formula is C25H44N2. The average Bonchev–Trinajstić information content (AvgIpc) is 2.71. The van der Waals surface area contributed by atoms with Gasteiger partial charge in [-0.05, 0) is 50.2 Å². The van der Waals surface area contributed by atoms with Gasteiger partial charge >= 0.3 is 0 Å². The molecule has 2 N–H and O–H groups in total. The first-order chi connectivity index (χ1) is 13.2. The monoisotopic (exact) mass is 372 g/mol. The van der Waals surface area contributed by atoms with Gasteiger partial charge in [0, 0.05) is 24.3 Å². The number of nitrogens with two attached hydrogens (primary N) is 1. The van der Waals surface area contributed by atoms with Crippen LogP contribution in [-0.2, 0) is 6.42 Å². The van der Waals surface area contributed by atoms with Gasteiger partial charge in [0.05, 0.1) is 0 Å². The second-order valence-corrected chi connectivity index (χ2v) is 8.76. The van der Waals surface area contributed by atoms with Crippen molar-refractivity contribution in [1.82, 2.24) is 0 Å². The van der Waals surface area contributed by atoms with E-state index < -0.39 is 0 Å². The predicted octanol–water partition coefficient (Wildman–Crippen LogP) is 6.86. The molecule has 2 rings (SSSR count).